The van der Waals surface area contributed by atoms with E-state index in [0.717, 1.165) is 103 Å². The van der Waals surface area contributed by atoms with E-state index in [4.69, 9.17) is 9.47 Å². The normalized spacial score (nSPS) is 11.2. The Hall–Kier alpha value is -1.39. The monoisotopic (exact) mass is 486 g/mol. The van der Waals surface area contributed by atoms with Crippen LogP contribution in [0.4, 0.5) is 0 Å². The topological polar surface area (TPSA) is 89.9 Å². The number of unbranched alkanes of at least 4 members (excludes halogenated alkanes) is 14. The summed E-state index contributed by atoms with van der Waals surface area (Å²) in [5.74, 6) is -0.713. The summed E-state index contributed by atoms with van der Waals surface area (Å²) in [4.78, 5) is 31.9. The summed E-state index contributed by atoms with van der Waals surface area (Å²) in [5, 5.41) is 0. The lowest BCUT2D eigenvalue weighted by atomic mass is 10.1. The lowest BCUT2D eigenvalue weighted by Gasteiger charge is -2.11. The number of carbonyl (C=O) groups is 2. The molecule has 192 valence electrons. The molecule has 0 fully saturated rings. The van der Waals surface area contributed by atoms with E-state index in [1.165, 1.54) is 12.2 Å². The first-order valence-corrected chi connectivity index (χ1v) is 14.8. The van der Waals surface area contributed by atoms with E-state index in [2.05, 4.69) is 13.2 Å². The maximum Gasteiger partial charge on any atom is 0.330 e. The first kappa shape index (κ1) is 31.6. The second kappa shape index (κ2) is 22.4. The van der Waals surface area contributed by atoms with Crippen molar-refractivity contribution in [3.8, 4) is 0 Å². The Kier molecular flexibility index (Phi) is 21.5. The average molecular weight is 487 g/mol. The van der Waals surface area contributed by atoms with Gasteiger partial charge in [0.25, 0.3) is 0 Å². The molecule has 0 unspecified atom stereocenters. The molecule has 0 aromatic heterocycles. The third-order valence-electron chi connectivity index (χ3n) is 5.63. The van der Waals surface area contributed by atoms with Crippen molar-refractivity contribution in [1.82, 2.24) is 0 Å². The van der Waals surface area contributed by atoms with Gasteiger partial charge >= 0.3 is 11.9 Å². The molecule has 0 aliphatic heterocycles. The molecule has 0 rings (SSSR count). The number of hydrogen-bond donors (Lipinski definition) is 1. The third-order valence-corrected chi connectivity index (χ3v) is 7.66. The van der Waals surface area contributed by atoms with Crippen LogP contribution in [-0.2, 0) is 23.6 Å². The Balaban J connectivity index is 3.38. The molecule has 0 aromatic carbocycles. The summed E-state index contributed by atoms with van der Waals surface area (Å²) >= 11 is 0. The summed E-state index contributed by atoms with van der Waals surface area (Å²) in [6.07, 6.45) is 20.0. The zero-order valence-electron chi connectivity index (χ0n) is 20.6. The molecule has 6 nitrogen and oxygen atoms in total. The van der Waals surface area contributed by atoms with Crippen LogP contribution in [0.1, 0.15) is 103 Å². The molecule has 33 heavy (non-hydrogen) atoms. The lowest BCUT2D eigenvalue weighted by Crippen LogP contribution is -2.01. The molecule has 0 atom stereocenters. The highest BCUT2D eigenvalue weighted by Gasteiger charge is 2.16. The maximum absolute atomic E-state index is 12.3. The van der Waals surface area contributed by atoms with Crippen LogP contribution >= 0.6 is 7.37 Å². The van der Waals surface area contributed by atoms with Crippen LogP contribution in [-0.4, -0.2) is 42.4 Å². The fourth-order valence-corrected chi connectivity index (χ4v) is 5.28. The molecule has 0 spiro atoms. The molecule has 0 heterocycles. The van der Waals surface area contributed by atoms with Gasteiger partial charge in [-0.15, -0.1) is 0 Å². The molecule has 0 amide bonds. The Bertz CT molecular complexity index is 529. The van der Waals surface area contributed by atoms with E-state index in [-0.39, 0.29) is 11.9 Å². The van der Waals surface area contributed by atoms with Crippen LogP contribution in [0, 0.1) is 0 Å². The number of rotatable bonds is 24. The first-order valence-electron chi connectivity index (χ1n) is 12.8. The summed E-state index contributed by atoms with van der Waals surface area (Å²) in [6, 6.07) is 0. The second-order valence-corrected chi connectivity index (χ2v) is 11.3. The van der Waals surface area contributed by atoms with Crippen LogP contribution < -0.4 is 0 Å². The van der Waals surface area contributed by atoms with Gasteiger partial charge in [0, 0.05) is 24.5 Å². The molecule has 0 saturated heterocycles. The minimum Gasteiger partial charge on any atom is -0.463 e. The van der Waals surface area contributed by atoms with Crippen molar-refractivity contribution in [3.05, 3.63) is 25.3 Å². The van der Waals surface area contributed by atoms with Gasteiger partial charge < -0.3 is 14.4 Å². The smallest absolute Gasteiger partial charge is 0.330 e. The van der Waals surface area contributed by atoms with Gasteiger partial charge in [0.15, 0.2) is 0 Å². The van der Waals surface area contributed by atoms with E-state index in [0.29, 0.717) is 25.5 Å². The minimum absolute atomic E-state index is 0.356. The fraction of sp³-hybridized carbons (Fsp3) is 0.769. The first-order chi connectivity index (χ1) is 15.9. The van der Waals surface area contributed by atoms with E-state index in [1.54, 1.807) is 0 Å². The van der Waals surface area contributed by atoms with Gasteiger partial charge in [0.2, 0.25) is 7.37 Å². The number of hydrogen-bond acceptors (Lipinski definition) is 5. The lowest BCUT2D eigenvalue weighted by molar-refractivity contribution is -0.138. The van der Waals surface area contributed by atoms with Crippen LogP contribution in [0.15, 0.2) is 25.3 Å². The highest BCUT2D eigenvalue weighted by Crippen LogP contribution is 2.42. The van der Waals surface area contributed by atoms with Crippen LogP contribution in [0.2, 0.25) is 0 Å². The molecular formula is C26H47O6P. The summed E-state index contributed by atoms with van der Waals surface area (Å²) in [5.41, 5.74) is 0. The standard InChI is InChI=1S/C26H47O6P/c1-3-25(27)31-21-17-13-9-5-7-11-15-19-23-33(29,30)24-20-16-12-8-6-10-14-18-22-32-26(28)4-2/h3-4H,1-2,5-24H2,(H,29,30). The number of carbonyl (C=O) groups excluding carboxylic acids is 2. The molecule has 1 N–H and O–H groups in total. The zero-order chi connectivity index (χ0) is 24.6. The fourth-order valence-electron chi connectivity index (χ4n) is 3.62. The number of esters is 2. The SMILES string of the molecule is C=CC(=O)OCCCCCCCCCCP(=O)(O)CCCCCCCCCCOC(=O)C=C. The van der Waals surface area contributed by atoms with Gasteiger partial charge in [-0.3, -0.25) is 4.57 Å². The van der Waals surface area contributed by atoms with Gasteiger partial charge in [-0.2, -0.15) is 0 Å². The van der Waals surface area contributed by atoms with Crippen molar-refractivity contribution in [2.24, 2.45) is 0 Å². The Morgan fingerprint density at radius 1 is 0.576 bits per heavy atom. The average Bonchev–Trinajstić information content (AvgIpc) is 2.80. The van der Waals surface area contributed by atoms with Crippen molar-refractivity contribution in [2.75, 3.05) is 25.5 Å². The maximum atomic E-state index is 12.3. The summed E-state index contributed by atoms with van der Waals surface area (Å²) < 4.78 is 22.2. The van der Waals surface area contributed by atoms with Crippen LogP contribution in [0.5, 0.6) is 0 Å². The predicted molar refractivity (Wildman–Crippen MR) is 136 cm³/mol. The third kappa shape index (κ3) is 23.6. The largest absolute Gasteiger partial charge is 0.463 e. The molecule has 0 radical (unpaired) electrons. The van der Waals surface area contributed by atoms with Crippen molar-refractivity contribution < 1.29 is 28.5 Å². The van der Waals surface area contributed by atoms with Gasteiger partial charge in [-0.25, -0.2) is 9.59 Å². The molecule has 0 aliphatic rings. The van der Waals surface area contributed by atoms with Crippen molar-refractivity contribution in [2.45, 2.75) is 103 Å². The highest BCUT2D eigenvalue weighted by molar-refractivity contribution is 7.57. The van der Waals surface area contributed by atoms with E-state index in [1.807, 2.05) is 0 Å². The van der Waals surface area contributed by atoms with Crippen LogP contribution in [0.25, 0.3) is 0 Å². The van der Waals surface area contributed by atoms with Crippen LogP contribution in [0.3, 0.4) is 0 Å². The minimum atomic E-state index is -2.96. The molecule has 0 aromatic rings. The van der Waals surface area contributed by atoms with Gasteiger partial charge in [0.1, 0.15) is 0 Å². The van der Waals surface area contributed by atoms with Crippen molar-refractivity contribution in [3.63, 3.8) is 0 Å². The molecule has 0 aliphatic carbocycles. The van der Waals surface area contributed by atoms with Crippen molar-refractivity contribution in [1.29, 1.82) is 0 Å². The second-order valence-electron chi connectivity index (χ2n) is 8.69. The summed E-state index contributed by atoms with van der Waals surface area (Å²) in [7, 11) is -2.96. The molecular weight excluding hydrogens is 439 g/mol. The Morgan fingerprint density at radius 2 is 0.848 bits per heavy atom. The van der Waals surface area contributed by atoms with E-state index in [9.17, 15) is 19.0 Å². The molecule has 0 saturated carbocycles. The molecule has 0 bridgehead atoms. The highest BCUT2D eigenvalue weighted by atomic mass is 31.2. The Morgan fingerprint density at radius 3 is 1.15 bits per heavy atom. The van der Waals surface area contributed by atoms with Gasteiger partial charge in [0.05, 0.1) is 13.2 Å². The molecule has 7 heteroatoms. The van der Waals surface area contributed by atoms with E-state index >= 15 is 0 Å². The van der Waals surface area contributed by atoms with Crippen molar-refractivity contribution >= 4 is 19.3 Å². The summed E-state index contributed by atoms with van der Waals surface area (Å²) in [6.45, 7) is 7.66. The number of ether oxygens (including phenoxy) is 2. The van der Waals surface area contributed by atoms with Gasteiger partial charge in [-0.1, -0.05) is 90.2 Å². The predicted octanol–water partition coefficient (Wildman–Crippen LogP) is 6.96. The quantitative estimate of drug-likeness (QED) is 0.0687. The Labute approximate surface area is 201 Å². The van der Waals surface area contributed by atoms with Gasteiger partial charge in [-0.05, 0) is 25.7 Å². The van der Waals surface area contributed by atoms with E-state index < -0.39 is 7.37 Å². The zero-order valence-corrected chi connectivity index (χ0v) is 21.5.